The summed E-state index contributed by atoms with van der Waals surface area (Å²) in [4.78, 5) is 18.0. The van der Waals surface area contributed by atoms with Crippen molar-refractivity contribution in [2.24, 2.45) is 0 Å². The first kappa shape index (κ1) is 16.1. The number of fused-ring (bicyclic) bond motifs is 1. The van der Waals surface area contributed by atoms with Gasteiger partial charge in [0, 0.05) is 42.4 Å². The maximum atomic E-state index is 12.5. The average Bonchev–Trinajstić information content (AvgIpc) is 2.95. The molecule has 24 heavy (non-hydrogen) atoms. The molecule has 0 unspecified atom stereocenters. The number of H-pyrrole nitrogens is 1. The molecule has 1 amide bonds. The average molecular weight is 321 g/mol. The van der Waals surface area contributed by atoms with Crippen LogP contribution in [0.15, 0.2) is 54.6 Å². The van der Waals surface area contributed by atoms with Gasteiger partial charge in [-0.3, -0.25) is 4.79 Å². The van der Waals surface area contributed by atoms with Crippen molar-refractivity contribution >= 4 is 22.5 Å². The number of aryl methyl sites for hydroxylation is 1. The molecule has 0 fully saturated rings. The molecule has 0 aliphatic carbocycles. The normalized spacial score (nSPS) is 10.8. The number of nitrogens with one attached hydrogen (secondary N) is 2. The highest BCUT2D eigenvalue weighted by Gasteiger charge is 2.15. The van der Waals surface area contributed by atoms with Crippen LogP contribution in [-0.4, -0.2) is 31.0 Å². The Morgan fingerprint density at radius 2 is 1.79 bits per heavy atom. The van der Waals surface area contributed by atoms with Crippen LogP contribution in [0.25, 0.3) is 10.9 Å². The molecule has 0 spiro atoms. The third-order valence-electron chi connectivity index (χ3n) is 4.27. The molecule has 2 aromatic carbocycles. The Morgan fingerprint density at radius 1 is 1.08 bits per heavy atom. The summed E-state index contributed by atoms with van der Waals surface area (Å²) in [6.07, 6.45) is 0.901. The maximum absolute atomic E-state index is 12.5. The summed E-state index contributed by atoms with van der Waals surface area (Å²) in [7, 11) is 2.07. The van der Waals surface area contributed by atoms with Crippen molar-refractivity contribution in [1.29, 1.82) is 0 Å². The predicted octanol–water partition coefficient (Wildman–Crippen LogP) is 3.73. The third kappa shape index (κ3) is 3.43. The van der Waals surface area contributed by atoms with Gasteiger partial charge in [-0.25, -0.2) is 0 Å². The zero-order valence-corrected chi connectivity index (χ0v) is 14.2. The number of aromatic nitrogens is 1. The number of benzene rings is 2. The fourth-order valence-electron chi connectivity index (χ4n) is 2.99. The summed E-state index contributed by atoms with van der Waals surface area (Å²) < 4.78 is 0. The van der Waals surface area contributed by atoms with Crippen LogP contribution in [-0.2, 0) is 0 Å². The first-order valence-corrected chi connectivity index (χ1v) is 8.28. The summed E-state index contributed by atoms with van der Waals surface area (Å²) in [6, 6.07) is 18.2. The minimum absolute atomic E-state index is 0.00712. The summed E-state index contributed by atoms with van der Waals surface area (Å²) >= 11 is 0. The van der Waals surface area contributed by atoms with Gasteiger partial charge >= 0.3 is 0 Å². The molecule has 0 atom stereocenters. The number of anilines is 1. The first-order valence-electron chi connectivity index (χ1n) is 8.28. The minimum Gasteiger partial charge on any atom is -0.375 e. The third-order valence-corrected chi connectivity index (χ3v) is 4.27. The van der Waals surface area contributed by atoms with Gasteiger partial charge in [0.1, 0.15) is 0 Å². The Hall–Kier alpha value is -2.75. The van der Waals surface area contributed by atoms with Crippen LogP contribution in [0, 0.1) is 6.92 Å². The van der Waals surface area contributed by atoms with E-state index in [-0.39, 0.29) is 5.91 Å². The quantitative estimate of drug-likeness (QED) is 0.680. The van der Waals surface area contributed by atoms with E-state index in [1.54, 1.807) is 0 Å². The molecule has 2 N–H and O–H groups in total. The highest BCUT2D eigenvalue weighted by molar-refractivity contribution is 6.08. The number of amides is 1. The number of aromatic amines is 1. The van der Waals surface area contributed by atoms with E-state index in [2.05, 4.69) is 34.4 Å². The lowest BCUT2D eigenvalue weighted by molar-refractivity contribution is 0.0954. The SMILES string of the molecule is Cc1[nH]c2ccccc2c1C(=O)NCCCN(C)c1ccccc1. The minimum atomic E-state index is -0.00712. The van der Waals surface area contributed by atoms with Gasteiger partial charge in [0.25, 0.3) is 5.91 Å². The molecule has 1 heterocycles. The first-order chi connectivity index (χ1) is 11.7. The standard InChI is InChI=1S/C20H23N3O/c1-15-19(17-11-6-7-12-18(17)22-15)20(24)21-13-8-14-23(2)16-9-4-3-5-10-16/h3-7,9-12,22H,8,13-14H2,1-2H3,(H,21,24). The monoisotopic (exact) mass is 321 g/mol. The highest BCUT2D eigenvalue weighted by Crippen LogP contribution is 2.21. The molecular formula is C20H23N3O. The summed E-state index contributed by atoms with van der Waals surface area (Å²) in [5.41, 5.74) is 3.86. The van der Waals surface area contributed by atoms with E-state index < -0.39 is 0 Å². The van der Waals surface area contributed by atoms with E-state index in [0.717, 1.165) is 35.1 Å². The summed E-state index contributed by atoms with van der Waals surface area (Å²) in [5.74, 6) is -0.00712. The van der Waals surface area contributed by atoms with Crippen LogP contribution < -0.4 is 10.2 Å². The topological polar surface area (TPSA) is 48.1 Å². The van der Waals surface area contributed by atoms with Gasteiger partial charge in [0.2, 0.25) is 0 Å². The van der Waals surface area contributed by atoms with Crippen LogP contribution in [0.2, 0.25) is 0 Å². The van der Waals surface area contributed by atoms with Gasteiger partial charge in [0.05, 0.1) is 5.56 Å². The Morgan fingerprint density at radius 3 is 2.58 bits per heavy atom. The molecule has 3 rings (SSSR count). The van der Waals surface area contributed by atoms with Gasteiger partial charge in [-0.05, 0) is 31.5 Å². The van der Waals surface area contributed by atoms with Crippen molar-refractivity contribution in [2.45, 2.75) is 13.3 Å². The van der Waals surface area contributed by atoms with Crippen LogP contribution in [0.4, 0.5) is 5.69 Å². The van der Waals surface area contributed by atoms with Crippen LogP contribution >= 0.6 is 0 Å². The molecule has 4 heteroatoms. The largest absolute Gasteiger partial charge is 0.375 e. The number of para-hydroxylation sites is 2. The molecule has 0 bridgehead atoms. The van der Waals surface area contributed by atoms with E-state index in [9.17, 15) is 4.79 Å². The second-order valence-electron chi connectivity index (χ2n) is 6.04. The van der Waals surface area contributed by atoms with Crippen LogP contribution in [0.1, 0.15) is 22.5 Å². The fourth-order valence-corrected chi connectivity index (χ4v) is 2.99. The van der Waals surface area contributed by atoms with E-state index in [1.807, 2.05) is 49.4 Å². The fraction of sp³-hybridized carbons (Fsp3) is 0.250. The second kappa shape index (κ2) is 7.21. The van der Waals surface area contributed by atoms with Crippen molar-refractivity contribution in [1.82, 2.24) is 10.3 Å². The van der Waals surface area contributed by atoms with Gasteiger partial charge in [-0.2, -0.15) is 0 Å². The number of hydrogen-bond acceptors (Lipinski definition) is 2. The zero-order chi connectivity index (χ0) is 16.9. The van der Waals surface area contributed by atoms with Crippen LogP contribution in [0.3, 0.4) is 0 Å². The molecule has 3 aromatic rings. The van der Waals surface area contributed by atoms with Crippen molar-refractivity contribution in [2.75, 3.05) is 25.0 Å². The van der Waals surface area contributed by atoms with Gasteiger partial charge in [0.15, 0.2) is 0 Å². The molecule has 124 valence electrons. The lowest BCUT2D eigenvalue weighted by atomic mass is 10.1. The van der Waals surface area contributed by atoms with Gasteiger partial charge in [-0.1, -0.05) is 36.4 Å². The molecule has 0 saturated heterocycles. The smallest absolute Gasteiger partial charge is 0.253 e. The van der Waals surface area contributed by atoms with Crippen molar-refractivity contribution in [3.63, 3.8) is 0 Å². The number of carbonyl (C=O) groups is 1. The second-order valence-corrected chi connectivity index (χ2v) is 6.04. The number of nitrogens with zero attached hydrogens (tertiary/aromatic N) is 1. The van der Waals surface area contributed by atoms with Crippen molar-refractivity contribution in [3.8, 4) is 0 Å². The molecule has 1 aromatic heterocycles. The molecule has 0 aliphatic heterocycles. The molecule has 0 radical (unpaired) electrons. The van der Waals surface area contributed by atoms with E-state index >= 15 is 0 Å². The Bertz CT molecular complexity index is 823. The van der Waals surface area contributed by atoms with Crippen LogP contribution in [0.5, 0.6) is 0 Å². The van der Waals surface area contributed by atoms with Gasteiger partial charge < -0.3 is 15.2 Å². The van der Waals surface area contributed by atoms with Crippen molar-refractivity contribution < 1.29 is 4.79 Å². The lowest BCUT2D eigenvalue weighted by Gasteiger charge is -2.19. The number of carbonyl (C=O) groups excluding carboxylic acids is 1. The van der Waals surface area contributed by atoms with E-state index in [1.165, 1.54) is 5.69 Å². The highest BCUT2D eigenvalue weighted by atomic mass is 16.1. The van der Waals surface area contributed by atoms with Crippen molar-refractivity contribution in [3.05, 3.63) is 65.9 Å². The predicted molar refractivity (Wildman–Crippen MR) is 99.7 cm³/mol. The van der Waals surface area contributed by atoms with E-state index in [0.29, 0.717) is 6.54 Å². The number of rotatable bonds is 6. The Kier molecular flexibility index (Phi) is 4.85. The Balaban J connectivity index is 1.55. The van der Waals surface area contributed by atoms with E-state index in [4.69, 9.17) is 0 Å². The zero-order valence-electron chi connectivity index (χ0n) is 14.2. The number of hydrogen-bond donors (Lipinski definition) is 2. The maximum Gasteiger partial charge on any atom is 0.253 e. The van der Waals surface area contributed by atoms with Gasteiger partial charge in [-0.15, -0.1) is 0 Å². The molecule has 4 nitrogen and oxygen atoms in total. The molecule has 0 saturated carbocycles. The summed E-state index contributed by atoms with van der Waals surface area (Å²) in [6.45, 7) is 3.50. The summed E-state index contributed by atoms with van der Waals surface area (Å²) in [5, 5.41) is 4.02. The Labute approximate surface area is 142 Å². The molecular weight excluding hydrogens is 298 g/mol. The lowest BCUT2D eigenvalue weighted by Crippen LogP contribution is -2.28. The molecule has 0 aliphatic rings.